The molecular formula is C26H37N3O2. The summed E-state index contributed by atoms with van der Waals surface area (Å²) in [7, 11) is 4.13. The van der Waals surface area contributed by atoms with Gasteiger partial charge in [0.15, 0.2) is 0 Å². The molecule has 1 aliphatic rings. The zero-order valence-corrected chi connectivity index (χ0v) is 19.1. The molecule has 0 unspecified atom stereocenters. The highest BCUT2D eigenvalue weighted by Crippen LogP contribution is 2.27. The van der Waals surface area contributed by atoms with Crippen LogP contribution >= 0.6 is 0 Å². The molecule has 1 aliphatic carbocycles. The quantitative estimate of drug-likeness (QED) is 0.663. The molecule has 2 aromatic rings. The van der Waals surface area contributed by atoms with Gasteiger partial charge in [-0.25, -0.2) is 4.79 Å². The number of nitrogens with one attached hydrogen (secondary N) is 2. The molecule has 0 aliphatic heterocycles. The minimum atomic E-state index is -0.362. The molecule has 1 aromatic heterocycles. The molecule has 0 radical (unpaired) electrons. The normalized spacial score (nSPS) is 22.1. The summed E-state index contributed by atoms with van der Waals surface area (Å²) in [4.78, 5) is 12.1. The second kappa shape index (κ2) is 11.0. The van der Waals surface area contributed by atoms with Crippen molar-refractivity contribution in [3.05, 3.63) is 77.1 Å². The van der Waals surface area contributed by atoms with Crippen LogP contribution in [0.25, 0.3) is 6.08 Å². The number of amides is 1. The first-order valence-corrected chi connectivity index (χ1v) is 11.1. The third kappa shape index (κ3) is 6.59. The fourth-order valence-corrected chi connectivity index (χ4v) is 4.27. The number of benzene rings is 1. The first-order valence-electron chi connectivity index (χ1n) is 11.1. The predicted octanol–water partition coefficient (Wildman–Crippen LogP) is 4.94. The number of aryl methyl sites for hydroxylation is 1. The van der Waals surface area contributed by atoms with Crippen LogP contribution in [0.2, 0.25) is 0 Å². The molecule has 0 saturated carbocycles. The largest absolute Gasteiger partial charge is 0.445 e. The molecule has 0 saturated heterocycles. The maximum Gasteiger partial charge on any atom is 0.407 e. The van der Waals surface area contributed by atoms with E-state index in [1.54, 1.807) is 0 Å². The first kappa shape index (κ1) is 22.9. The fraction of sp³-hybridized carbons (Fsp3) is 0.423. The second-order valence-electron chi connectivity index (χ2n) is 8.64. The molecule has 5 nitrogen and oxygen atoms in total. The lowest BCUT2D eigenvalue weighted by molar-refractivity contribution is 0.137. The number of nitrogens with zero attached hydrogens (tertiary/aromatic N) is 1. The van der Waals surface area contributed by atoms with E-state index in [-0.39, 0.29) is 7.52 Å². The van der Waals surface area contributed by atoms with E-state index >= 15 is 0 Å². The number of rotatable bonds is 7. The summed E-state index contributed by atoms with van der Waals surface area (Å²) in [6.45, 7) is 5.29. The van der Waals surface area contributed by atoms with Crippen molar-refractivity contribution in [2.45, 2.75) is 39.3 Å². The third-order valence-corrected chi connectivity index (χ3v) is 6.09. The summed E-state index contributed by atoms with van der Waals surface area (Å²) >= 11 is 0. The van der Waals surface area contributed by atoms with Crippen molar-refractivity contribution in [1.82, 2.24) is 15.2 Å². The minimum Gasteiger partial charge on any atom is -0.445 e. The van der Waals surface area contributed by atoms with E-state index in [0.717, 1.165) is 18.4 Å². The summed E-state index contributed by atoms with van der Waals surface area (Å²) in [5.41, 5.74) is 4.91. The van der Waals surface area contributed by atoms with Crippen molar-refractivity contribution in [3.63, 3.8) is 0 Å². The molecule has 2 bridgehead atoms. The zero-order valence-electron chi connectivity index (χ0n) is 19.1. The number of allylic oxidation sites excluding steroid dienone is 2. The highest BCUT2D eigenvalue weighted by molar-refractivity contribution is 5.67. The van der Waals surface area contributed by atoms with Crippen LogP contribution in [0.1, 0.15) is 38.5 Å². The van der Waals surface area contributed by atoms with Crippen LogP contribution in [0.5, 0.6) is 0 Å². The zero-order chi connectivity index (χ0) is 22.2. The second-order valence-corrected chi connectivity index (χ2v) is 8.64. The van der Waals surface area contributed by atoms with Crippen LogP contribution in [-0.4, -0.2) is 30.3 Å². The van der Waals surface area contributed by atoms with Gasteiger partial charge in [0.2, 0.25) is 0 Å². The number of hydrogen-bond acceptors (Lipinski definition) is 3. The molecule has 1 aromatic carbocycles. The van der Waals surface area contributed by atoms with Gasteiger partial charge in [-0.3, -0.25) is 0 Å². The number of ether oxygens (including phenoxy) is 1. The van der Waals surface area contributed by atoms with Gasteiger partial charge in [-0.15, -0.1) is 0 Å². The summed E-state index contributed by atoms with van der Waals surface area (Å²) in [5.74, 6) is 0.709. The summed E-state index contributed by atoms with van der Waals surface area (Å²) in [6, 6.07) is 12.3. The summed E-state index contributed by atoms with van der Waals surface area (Å²) in [6.07, 6.45) is 10.4. The lowest BCUT2D eigenvalue weighted by Crippen LogP contribution is -2.38. The Labute approximate surface area is 187 Å². The van der Waals surface area contributed by atoms with Crippen molar-refractivity contribution in [2.75, 3.05) is 13.6 Å². The Kier molecular flexibility index (Phi) is 8.13. The molecule has 168 valence electrons. The van der Waals surface area contributed by atoms with Gasteiger partial charge in [0.05, 0.1) is 0 Å². The molecule has 0 spiro atoms. The lowest BCUT2D eigenvalue weighted by Gasteiger charge is -2.30. The molecule has 0 fully saturated rings. The van der Waals surface area contributed by atoms with Crippen molar-refractivity contribution >= 4 is 12.2 Å². The molecule has 3 atom stereocenters. The minimum absolute atomic E-state index is 0. The Morgan fingerprint density at radius 2 is 2.10 bits per heavy atom. The van der Waals surface area contributed by atoms with Gasteiger partial charge in [0, 0.05) is 33.0 Å². The van der Waals surface area contributed by atoms with Crippen LogP contribution in [-0.2, 0) is 24.8 Å². The van der Waals surface area contributed by atoms with E-state index in [1.807, 2.05) is 37.4 Å². The molecule has 1 amide bonds. The number of carbonyl (C=O) groups is 1. The fourth-order valence-electron chi connectivity index (χ4n) is 4.27. The number of fused-ring (bicyclic) bond motifs is 2. The standard InChI is InChI=1S/C26H35N3O2.H2/c1-19(16-28-26(30)31-18-21-10-6-5-7-11-21)13-24-20(2)9-8-12-23-14-22(17-29(23)4)15-25(24)27-3;/h5-12,14,17,19,24-25,27H,13,15-16,18H2,1-4H3,(H,28,30);1H/b12-8-,20-9+;/t19-,24+,25+;/m0./s1. The average Bonchev–Trinajstić information content (AvgIpc) is 3.11. The number of likely N-dealkylation sites (N-methyl/N-ethyl adjacent to an activating group) is 1. The Bertz CT molecular complexity index is 920. The van der Waals surface area contributed by atoms with Gasteiger partial charge >= 0.3 is 6.09 Å². The average molecular weight is 424 g/mol. The Balaban J connectivity index is 0.00000363. The number of aromatic nitrogens is 1. The highest BCUT2D eigenvalue weighted by atomic mass is 16.5. The van der Waals surface area contributed by atoms with E-state index in [9.17, 15) is 4.79 Å². The molecule has 2 N–H and O–H groups in total. The van der Waals surface area contributed by atoms with E-state index < -0.39 is 0 Å². The van der Waals surface area contributed by atoms with E-state index in [1.165, 1.54) is 16.8 Å². The SMILES string of the molecule is CN[C@@H]1Cc2cc(n(C)c2)/C=C\C=C(/C)[C@H]1C[C@H](C)CNC(=O)OCc1ccccc1.[HH]. The number of hydrogen-bond donors (Lipinski definition) is 2. The third-order valence-electron chi connectivity index (χ3n) is 6.09. The Morgan fingerprint density at radius 3 is 2.84 bits per heavy atom. The van der Waals surface area contributed by atoms with Crippen LogP contribution in [0.4, 0.5) is 4.79 Å². The predicted molar refractivity (Wildman–Crippen MR) is 129 cm³/mol. The van der Waals surface area contributed by atoms with Gasteiger partial charge in [-0.1, -0.05) is 55.0 Å². The van der Waals surface area contributed by atoms with Crippen molar-refractivity contribution in [2.24, 2.45) is 18.9 Å². The van der Waals surface area contributed by atoms with Crippen molar-refractivity contribution in [3.8, 4) is 0 Å². The van der Waals surface area contributed by atoms with E-state index in [2.05, 4.69) is 66.6 Å². The molecule has 5 heteroatoms. The monoisotopic (exact) mass is 423 g/mol. The van der Waals surface area contributed by atoms with Crippen molar-refractivity contribution in [1.29, 1.82) is 0 Å². The van der Waals surface area contributed by atoms with Crippen molar-refractivity contribution < 1.29 is 11.0 Å². The maximum atomic E-state index is 12.1. The van der Waals surface area contributed by atoms with Crippen LogP contribution < -0.4 is 10.6 Å². The summed E-state index contributed by atoms with van der Waals surface area (Å²) in [5, 5.41) is 6.47. The topological polar surface area (TPSA) is 55.3 Å². The van der Waals surface area contributed by atoms with E-state index in [4.69, 9.17) is 4.74 Å². The van der Waals surface area contributed by atoms with Gasteiger partial charge < -0.3 is 19.9 Å². The van der Waals surface area contributed by atoms with Crippen LogP contribution in [0.3, 0.4) is 0 Å². The number of alkyl carbamates (subject to hydrolysis) is 1. The molecule has 3 rings (SSSR count). The van der Waals surface area contributed by atoms with Gasteiger partial charge in [0.1, 0.15) is 6.61 Å². The smallest absolute Gasteiger partial charge is 0.407 e. The van der Waals surface area contributed by atoms with Gasteiger partial charge in [0.25, 0.3) is 0 Å². The van der Waals surface area contributed by atoms with Crippen LogP contribution in [0, 0.1) is 11.8 Å². The van der Waals surface area contributed by atoms with Gasteiger partial charge in [-0.2, -0.15) is 0 Å². The molecular weight excluding hydrogens is 386 g/mol. The maximum absolute atomic E-state index is 12.1. The van der Waals surface area contributed by atoms with Crippen LogP contribution in [0.15, 0.2) is 60.3 Å². The lowest BCUT2D eigenvalue weighted by atomic mass is 9.81. The van der Waals surface area contributed by atoms with E-state index in [0.29, 0.717) is 31.0 Å². The first-order chi connectivity index (χ1) is 15.0. The highest BCUT2D eigenvalue weighted by Gasteiger charge is 2.25. The Morgan fingerprint density at radius 1 is 1.32 bits per heavy atom. The summed E-state index contributed by atoms with van der Waals surface area (Å²) < 4.78 is 7.52. The molecule has 31 heavy (non-hydrogen) atoms. The number of carbonyl (C=O) groups excluding carboxylic acids is 1. The molecule has 1 heterocycles. The van der Waals surface area contributed by atoms with Gasteiger partial charge in [-0.05, 0) is 61.9 Å². The Hall–Kier alpha value is -2.79.